The summed E-state index contributed by atoms with van der Waals surface area (Å²) in [6, 6.07) is 2.58. The number of hydrogen-bond acceptors (Lipinski definition) is 2. The summed E-state index contributed by atoms with van der Waals surface area (Å²) in [6.07, 6.45) is 4.77. The first-order valence-electron chi connectivity index (χ1n) is 3.22. The average Bonchev–Trinajstić information content (AvgIpc) is 2.11. The monoisotopic (exact) mass is 123 g/mol. The van der Waals surface area contributed by atoms with E-state index in [-0.39, 0.29) is 0 Å². The molecule has 0 radical (unpaired) electrons. The van der Waals surface area contributed by atoms with Gasteiger partial charge in [0.05, 0.1) is 12.5 Å². The Morgan fingerprint density at radius 3 is 3.00 bits per heavy atom. The second-order valence-electron chi connectivity index (χ2n) is 2.35. The van der Waals surface area contributed by atoms with Crippen LogP contribution in [0.4, 0.5) is 0 Å². The van der Waals surface area contributed by atoms with E-state index in [1.165, 1.54) is 12.0 Å². The van der Waals surface area contributed by atoms with E-state index in [1.807, 2.05) is 6.07 Å². The van der Waals surface area contributed by atoms with Gasteiger partial charge in [-0.2, -0.15) is 0 Å². The highest BCUT2D eigenvalue weighted by Crippen LogP contribution is 2.22. The van der Waals surface area contributed by atoms with Gasteiger partial charge < -0.3 is 9.73 Å². The third-order valence-corrected chi connectivity index (χ3v) is 1.77. The molecule has 2 rings (SSSR count). The Balaban J connectivity index is 2.14. The molecule has 0 unspecified atom stereocenters. The van der Waals surface area contributed by atoms with E-state index >= 15 is 0 Å². The van der Waals surface area contributed by atoms with Crippen LogP contribution < -0.4 is 5.32 Å². The summed E-state index contributed by atoms with van der Waals surface area (Å²) in [6.45, 7) is 1.15. The van der Waals surface area contributed by atoms with E-state index in [4.69, 9.17) is 4.42 Å². The second-order valence-corrected chi connectivity index (χ2v) is 2.35. The SMILES string of the molecule is c1cc([C@H]2CCN2)co1. The van der Waals surface area contributed by atoms with Crippen LogP contribution >= 0.6 is 0 Å². The molecule has 1 atom stereocenters. The molecular weight excluding hydrogens is 114 g/mol. The first kappa shape index (κ1) is 5.06. The van der Waals surface area contributed by atoms with Crippen LogP contribution in [0.1, 0.15) is 18.0 Å². The zero-order valence-electron chi connectivity index (χ0n) is 5.13. The molecular formula is C7H9NO. The number of rotatable bonds is 1. The van der Waals surface area contributed by atoms with Gasteiger partial charge in [0.2, 0.25) is 0 Å². The van der Waals surface area contributed by atoms with E-state index in [0.29, 0.717) is 6.04 Å². The molecule has 1 aromatic rings. The molecule has 1 aliphatic heterocycles. The van der Waals surface area contributed by atoms with Crippen molar-refractivity contribution in [2.45, 2.75) is 12.5 Å². The third kappa shape index (κ3) is 0.754. The van der Waals surface area contributed by atoms with Crippen molar-refractivity contribution in [1.82, 2.24) is 5.32 Å². The summed E-state index contributed by atoms with van der Waals surface area (Å²) >= 11 is 0. The lowest BCUT2D eigenvalue weighted by molar-refractivity contribution is 0.380. The molecule has 2 heterocycles. The quantitative estimate of drug-likeness (QED) is 0.609. The molecule has 9 heavy (non-hydrogen) atoms. The minimum atomic E-state index is 0.573. The maximum atomic E-state index is 4.93. The lowest BCUT2D eigenvalue weighted by Crippen LogP contribution is -2.34. The average molecular weight is 123 g/mol. The molecule has 2 nitrogen and oxygen atoms in total. The summed E-state index contributed by atoms with van der Waals surface area (Å²) in [4.78, 5) is 0. The largest absolute Gasteiger partial charge is 0.472 e. The molecule has 1 fully saturated rings. The number of furan rings is 1. The molecule has 1 N–H and O–H groups in total. The maximum Gasteiger partial charge on any atom is 0.0950 e. The fourth-order valence-electron chi connectivity index (χ4n) is 1.05. The Kier molecular flexibility index (Phi) is 1.06. The molecule has 2 heteroatoms. The first-order chi connectivity index (χ1) is 4.47. The van der Waals surface area contributed by atoms with Crippen molar-refractivity contribution in [2.75, 3.05) is 6.54 Å². The van der Waals surface area contributed by atoms with Gasteiger partial charge in [0.25, 0.3) is 0 Å². The van der Waals surface area contributed by atoms with Gasteiger partial charge in [-0.3, -0.25) is 0 Å². The Hall–Kier alpha value is -0.760. The van der Waals surface area contributed by atoms with Crippen molar-refractivity contribution >= 4 is 0 Å². The van der Waals surface area contributed by atoms with Gasteiger partial charge in [-0.15, -0.1) is 0 Å². The van der Waals surface area contributed by atoms with E-state index in [9.17, 15) is 0 Å². The Morgan fingerprint density at radius 2 is 2.56 bits per heavy atom. The van der Waals surface area contributed by atoms with Crippen LogP contribution in [0.2, 0.25) is 0 Å². The third-order valence-electron chi connectivity index (χ3n) is 1.77. The minimum Gasteiger partial charge on any atom is -0.472 e. The number of hydrogen-bond donors (Lipinski definition) is 1. The standard InChI is InChI=1S/C7H9NO/c1-3-8-7(1)6-2-4-9-5-6/h2,4-5,7-8H,1,3H2/t7-/m1/s1. The predicted octanol–water partition coefficient (Wildman–Crippen LogP) is 1.31. The zero-order valence-corrected chi connectivity index (χ0v) is 5.13. The number of nitrogens with one attached hydrogen (secondary N) is 1. The summed E-state index contributed by atoms with van der Waals surface area (Å²) in [7, 11) is 0. The van der Waals surface area contributed by atoms with Gasteiger partial charge in [0.1, 0.15) is 0 Å². The van der Waals surface area contributed by atoms with Gasteiger partial charge in [-0.05, 0) is 19.0 Å². The summed E-state index contributed by atoms with van der Waals surface area (Å²) in [5, 5.41) is 3.29. The summed E-state index contributed by atoms with van der Waals surface area (Å²) in [5.74, 6) is 0. The minimum absolute atomic E-state index is 0.573. The molecule has 1 aliphatic rings. The second kappa shape index (κ2) is 1.88. The van der Waals surface area contributed by atoms with Crippen LogP contribution in [0.5, 0.6) is 0 Å². The summed E-state index contributed by atoms with van der Waals surface area (Å²) < 4.78 is 4.93. The molecule has 1 aromatic heterocycles. The van der Waals surface area contributed by atoms with Crippen LogP contribution in [0.15, 0.2) is 23.0 Å². The van der Waals surface area contributed by atoms with Crippen LogP contribution in [-0.4, -0.2) is 6.54 Å². The molecule has 0 spiro atoms. The lowest BCUT2D eigenvalue weighted by atomic mass is 10.0. The van der Waals surface area contributed by atoms with Gasteiger partial charge >= 0.3 is 0 Å². The fraction of sp³-hybridized carbons (Fsp3) is 0.429. The molecule has 0 aliphatic carbocycles. The van der Waals surface area contributed by atoms with E-state index < -0.39 is 0 Å². The topological polar surface area (TPSA) is 25.2 Å². The van der Waals surface area contributed by atoms with Crippen molar-refractivity contribution in [3.8, 4) is 0 Å². The van der Waals surface area contributed by atoms with Crippen LogP contribution in [0.25, 0.3) is 0 Å². The van der Waals surface area contributed by atoms with Crippen molar-refractivity contribution < 1.29 is 4.42 Å². The highest BCUT2D eigenvalue weighted by atomic mass is 16.3. The van der Waals surface area contributed by atoms with Gasteiger partial charge in [-0.25, -0.2) is 0 Å². The van der Waals surface area contributed by atoms with Gasteiger partial charge in [0.15, 0.2) is 0 Å². The van der Waals surface area contributed by atoms with Crippen molar-refractivity contribution in [2.24, 2.45) is 0 Å². The van der Waals surface area contributed by atoms with Crippen molar-refractivity contribution in [3.05, 3.63) is 24.2 Å². The van der Waals surface area contributed by atoms with Gasteiger partial charge in [-0.1, -0.05) is 0 Å². The Labute approximate surface area is 53.9 Å². The smallest absolute Gasteiger partial charge is 0.0950 e. The molecule has 1 saturated heterocycles. The highest BCUT2D eigenvalue weighted by Gasteiger charge is 2.18. The van der Waals surface area contributed by atoms with Gasteiger partial charge in [0, 0.05) is 11.6 Å². The van der Waals surface area contributed by atoms with Crippen LogP contribution in [0, 0.1) is 0 Å². The van der Waals surface area contributed by atoms with E-state index in [0.717, 1.165) is 6.54 Å². The van der Waals surface area contributed by atoms with E-state index in [1.54, 1.807) is 12.5 Å². The Morgan fingerprint density at radius 1 is 1.67 bits per heavy atom. The lowest BCUT2D eigenvalue weighted by Gasteiger charge is -2.26. The van der Waals surface area contributed by atoms with Crippen molar-refractivity contribution in [3.63, 3.8) is 0 Å². The predicted molar refractivity (Wildman–Crippen MR) is 34.1 cm³/mol. The molecule has 0 saturated carbocycles. The maximum absolute atomic E-state index is 4.93. The molecule has 0 aromatic carbocycles. The summed E-state index contributed by atoms with van der Waals surface area (Å²) in [5.41, 5.74) is 1.28. The van der Waals surface area contributed by atoms with Crippen LogP contribution in [-0.2, 0) is 0 Å². The Bertz CT molecular complexity index is 177. The van der Waals surface area contributed by atoms with Crippen molar-refractivity contribution in [1.29, 1.82) is 0 Å². The highest BCUT2D eigenvalue weighted by molar-refractivity contribution is 5.13. The first-order valence-corrected chi connectivity index (χ1v) is 3.22. The molecule has 0 bridgehead atoms. The zero-order chi connectivity index (χ0) is 6.10. The van der Waals surface area contributed by atoms with E-state index in [2.05, 4.69) is 5.32 Å². The molecule has 0 amide bonds. The fourth-order valence-corrected chi connectivity index (χ4v) is 1.05. The van der Waals surface area contributed by atoms with Crippen LogP contribution in [0.3, 0.4) is 0 Å². The normalized spacial score (nSPS) is 25.6. The molecule has 48 valence electrons.